The molecule has 50 heavy (non-hydrogen) atoms. The number of aromatic amines is 1. The molecule has 5 N–H and O–H groups in total. The first-order chi connectivity index (χ1) is 24.1. The van der Waals surface area contributed by atoms with Crippen molar-refractivity contribution in [2.75, 3.05) is 0 Å². The lowest BCUT2D eigenvalue weighted by atomic mass is 10.0. The number of aromatic nitrogens is 1. The van der Waals surface area contributed by atoms with Gasteiger partial charge in [-0.05, 0) is 61.1 Å². The van der Waals surface area contributed by atoms with Crippen molar-refractivity contribution in [1.82, 2.24) is 26.3 Å². The van der Waals surface area contributed by atoms with Gasteiger partial charge in [0.1, 0.15) is 12.1 Å². The van der Waals surface area contributed by atoms with Gasteiger partial charge < -0.3 is 26.3 Å². The van der Waals surface area contributed by atoms with Crippen molar-refractivity contribution < 1.29 is 24.0 Å². The molecule has 1 heterocycles. The van der Waals surface area contributed by atoms with E-state index >= 15 is 0 Å². The molecular formula is C40H45N5O5. The number of nitrogens with one attached hydrogen (secondary N) is 5. The van der Waals surface area contributed by atoms with Crippen LogP contribution in [0, 0.1) is 0 Å². The molecule has 4 atom stereocenters. The maximum absolute atomic E-state index is 14.0. The predicted octanol–water partition coefficient (Wildman–Crippen LogP) is 4.85. The number of amides is 4. The molecule has 10 nitrogen and oxygen atoms in total. The number of benzene rings is 3. The van der Waals surface area contributed by atoms with E-state index in [4.69, 9.17) is 0 Å². The molecular weight excluding hydrogens is 630 g/mol. The summed E-state index contributed by atoms with van der Waals surface area (Å²) in [7, 11) is 0. The van der Waals surface area contributed by atoms with Gasteiger partial charge in [-0.2, -0.15) is 0 Å². The number of H-pyrrole nitrogens is 1. The van der Waals surface area contributed by atoms with Crippen LogP contribution in [-0.2, 0) is 36.8 Å². The summed E-state index contributed by atoms with van der Waals surface area (Å²) < 4.78 is 0. The van der Waals surface area contributed by atoms with Crippen molar-refractivity contribution in [2.24, 2.45) is 0 Å². The number of ketones is 1. The van der Waals surface area contributed by atoms with Crippen LogP contribution >= 0.6 is 0 Å². The first kappa shape index (κ1) is 35.8. The summed E-state index contributed by atoms with van der Waals surface area (Å²) >= 11 is 0. The SMILES string of the molecule is CCCC[C@H](NC(=O)[C@H](Cc1c[nH]c2ccccc12)NC(=O)[C@H](C)NC(=O)C1=C(C)c2ccccc2C1)C(=O)C(=O)N[C@H](C)c1ccccc1. The van der Waals surface area contributed by atoms with Crippen molar-refractivity contribution in [1.29, 1.82) is 0 Å². The summed E-state index contributed by atoms with van der Waals surface area (Å²) in [5.41, 5.74) is 6.03. The first-order valence-electron chi connectivity index (χ1n) is 17.2. The minimum Gasteiger partial charge on any atom is -0.361 e. The largest absolute Gasteiger partial charge is 0.361 e. The van der Waals surface area contributed by atoms with E-state index in [1.165, 1.54) is 0 Å². The monoisotopic (exact) mass is 675 g/mol. The van der Waals surface area contributed by atoms with E-state index in [1.54, 1.807) is 20.0 Å². The molecule has 0 radical (unpaired) electrons. The van der Waals surface area contributed by atoms with Crippen molar-refractivity contribution in [3.63, 3.8) is 0 Å². The molecule has 1 aliphatic rings. The Labute approximate surface area is 292 Å². The zero-order valence-corrected chi connectivity index (χ0v) is 29.0. The number of hydrogen-bond donors (Lipinski definition) is 5. The number of hydrogen-bond acceptors (Lipinski definition) is 5. The van der Waals surface area contributed by atoms with Crippen molar-refractivity contribution in [3.05, 3.63) is 113 Å². The summed E-state index contributed by atoms with van der Waals surface area (Å²) in [5, 5.41) is 12.0. The Kier molecular flexibility index (Phi) is 11.6. The van der Waals surface area contributed by atoms with E-state index in [9.17, 15) is 24.0 Å². The van der Waals surface area contributed by atoms with E-state index in [2.05, 4.69) is 26.3 Å². The van der Waals surface area contributed by atoms with E-state index < -0.39 is 47.7 Å². The highest BCUT2D eigenvalue weighted by Crippen LogP contribution is 2.32. The fourth-order valence-electron chi connectivity index (χ4n) is 6.35. The van der Waals surface area contributed by atoms with Gasteiger partial charge in [-0.15, -0.1) is 0 Å². The van der Waals surface area contributed by atoms with E-state index in [-0.39, 0.29) is 18.7 Å². The molecule has 260 valence electrons. The average Bonchev–Trinajstić information content (AvgIpc) is 3.70. The minimum absolute atomic E-state index is 0.105. The molecule has 3 aromatic carbocycles. The number of Topliss-reactive ketones (excluding diaryl/α,β-unsaturated/α-hetero) is 1. The lowest BCUT2D eigenvalue weighted by Gasteiger charge is -2.24. The molecule has 10 heteroatoms. The number of unbranched alkanes of at least 4 members (excludes halogenated alkanes) is 1. The quantitative estimate of drug-likeness (QED) is 0.114. The van der Waals surface area contributed by atoms with Gasteiger partial charge in [0, 0.05) is 35.5 Å². The normalized spacial score (nSPS) is 14.6. The molecule has 0 aliphatic heterocycles. The highest BCUT2D eigenvalue weighted by molar-refractivity contribution is 6.38. The number of fused-ring (bicyclic) bond motifs is 2. The summed E-state index contributed by atoms with van der Waals surface area (Å²) in [5.74, 6) is -3.06. The Morgan fingerprint density at radius 3 is 2.20 bits per heavy atom. The molecule has 1 aromatic heterocycles. The molecule has 0 saturated carbocycles. The van der Waals surface area contributed by atoms with E-state index in [1.807, 2.05) is 92.7 Å². The standard InChI is InChI=1S/C40H45N5O5/c1-5-6-19-34(36(46)40(50)42-25(3)27-14-8-7-9-15-27)44-39(49)35(22-29-23-41-33-20-13-12-18-31(29)33)45-37(47)26(4)43-38(48)32-21-28-16-10-11-17-30(28)24(32)2/h7-18,20,23,25-26,34-35,41H,5-6,19,21-22H2,1-4H3,(H,42,50)(H,43,48)(H,44,49)(H,45,47)/t25-,26+,34+,35+/m1/s1. The van der Waals surface area contributed by atoms with Crippen LogP contribution < -0.4 is 21.3 Å². The predicted molar refractivity (Wildman–Crippen MR) is 194 cm³/mol. The van der Waals surface area contributed by atoms with Crippen molar-refractivity contribution in [3.8, 4) is 0 Å². The Morgan fingerprint density at radius 1 is 0.780 bits per heavy atom. The smallest absolute Gasteiger partial charge is 0.290 e. The molecule has 4 aromatic rings. The number of carbonyl (C=O) groups is 5. The van der Waals surface area contributed by atoms with Crippen molar-refractivity contribution >= 4 is 45.9 Å². The maximum atomic E-state index is 14.0. The second kappa shape index (κ2) is 16.3. The highest BCUT2D eigenvalue weighted by atomic mass is 16.2. The Bertz CT molecular complexity index is 1910. The molecule has 0 bridgehead atoms. The van der Waals surface area contributed by atoms with Gasteiger partial charge in [-0.1, -0.05) is 92.6 Å². The van der Waals surface area contributed by atoms with Crippen LogP contribution in [0.4, 0.5) is 0 Å². The van der Waals surface area contributed by atoms with Crippen LogP contribution in [0.3, 0.4) is 0 Å². The van der Waals surface area contributed by atoms with Gasteiger partial charge in [0.2, 0.25) is 23.5 Å². The number of allylic oxidation sites excluding steroid dienone is 1. The lowest BCUT2D eigenvalue weighted by molar-refractivity contribution is -0.141. The molecule has 0 unspecified atom stereocenters. The lowest BCUT2D eigenvalue weighted by Crippen LogP contribution is -2.57. The third-order valence-corrected chi connectivity index (χ3v) is 9.34. The molecule has 5 rings (SSSR count). The average molecular weight is 676 g/mol. The fraction of sp³-hybridized carbons (Fsp3) is 0.325. The second-order valence-corrected chi connectivity index (χ2v) is 12.9. The Hall–Kier alpha value is -5.51. The summed E-state index contributed by atoms with van der Waals surface area (Å²) in [6.07, 6.45) is 3.96. The minimum atomic E-state index is -1.11. The number of rotatable bonds is 15. The first-order valence-corrected chi connectivity index (χ1v) is 17.2. The Morgan fingerprint density at radius 2 is 1.46 bits per heavy atom. The zero-order valence-electron chi connectivity index (χ0n) is 29.0. The van der Waals surface area contributed by atoms with Crippen LogP contribution in [0.25, 0.3) is 16.5 Å². The van der Waals surface area contributed by atoms with Gasteiger partial charge in [-0.3, -0.25) is 24.0 Å². The van der Waals surface area contributed by atoms with Gasteiger partial charge in [0.05, 0.1) is 12.1 Å². The maximum Gasteiger partial charge on any atom is 0.290 e. The van der Waals surface area contributed by atoms with Crippen LogP contribution in [0.1, 0.15) is 75.3 Å². The molecule has 1 aliphatic carbocycles. The number of para-hydroxylation sites is 1. The van der Waals surface area contributed by atoms with E-state index in [0.29, 0.717) is 18.4 Å². The summed E-state index contributed by atoms with van der Waals surface area (Å²) in [4.78, 5) is 70.7. The molecule has 4 amide bonds. The summed E-state index contributed by atoms with van der Waals surface area (Å²) in [6.45, 7) is 7.21. The van der Waals surface area contributed by atoms with E-state index in [0.717, 1.165) is 45.2 Å². The van der Waals surface area contributed by atoms with Crippen LogP contribution in [-0.4, -0.2) is 52.5 Å². The van der Waals surface area contributed by atoms with Crippen molar-refractivity contribution in [2.45, 2.75) is 84.0 Å². The number of carbonyl (C=O) groups excluding carboxylic acids is 5. The zero-order chi connectivity index (χ0) is 35.8. The second-order valence-electron chi connectivity index (χ2n) is 12.9. The van der Waals surface area contributed by atoms with Crippen LogP contribution in [0.5, 0.6) is 0 Å². The van der Waals surface area contributed by atoms with Crippen LogP contribution in [0.2, 0.25) is 0 Å². The molecule has 0 saturated heterocycles. The van der Waals surface area contributed by atoms with Gasteiger partial charge in [0.15, 0.2) is 0 Å². The van der Waals surface area contributed by atoms with Gasteiger partial charge in [0.25, 0.3) is 5.91 Å². The third-order valence-electron chi connectivity index (χ3n) is 9.34. The highest BCUT2D eigenvalue weighted by Gasteiger charge is 2.32. The molecule has 0 fully saturated rings. The summed E-state index contributed by atoms with van der Waals surface area (Å²) in [6, 6.07) is 21.1. The molecule has 0 spiro atoms. The van der Waals surface area contributed by atoms with Gasteiger partial charge >= 0.3 is 0 Å². The third kappa shape index (κ3) is 8.37. The Balaban J connectivity index is 1.32. The topological polar surface area (TPSA) is 149 Å². The van der Waals surface area contributed by atoms with Gasteiger partial charge in [-0.25, -0.2) is 0 Å². The van der Waals surface area contributed by atoms with Crippen LogP contribution in [0.15, 0.2) is 90.6 Å². The fourth-order valence-corrected chi connectivity index (χ4v) is 6.35.